The van der Waals surface area contributed by atoms with Gasteiger partial charge in [-0.05, 0) is 0 Å². The van der Waals surface area contributed by atoms with Crippen molar-refractivity contribution >= 4 is 36.0 Å². The summed E-state index contributed by atoms with van der Waals surface area (Å²) in [7, 11) is 0. The van der Waals surface area contributed by atoms with Crippen LogP contribution in [0.1, 0.15) is 0 Å². The molecule has 1 aliphatic heterocycles. The van der Waals surface area contributed by atoms with Crippen molar-refractivity contribution in [2.45, 2.75) is 6.54 Å². The monoisotopic (exact) mass is 367 g/mol. The molecule has 1 aromatic heterocycles. The summed E-state index contributed by atoms with van der Waals surface area (Å²) in [4.78, 5) is 56.9. The number of nitrogens with zero attached hydrogens (tertiary/aromatic N) is 3. The Morgan fingerprint density at radius 3 is 1.65 bits per heavy atom. The van der Waals surface area contributed by atoms with Crippen LogP contribution in [-0.4, -0.2) is 60.1 Å². The number of fused-ring (bicyclic) bond motifs is 1. The number of rotatable bonds is 4. The Kier molecular flexibility index (Phi) is 9.65. The van der Waals surface area contributed by atoms with Gasteiger partial charge in [-0.1, -0.05) is 0 Å². The Labute approximate surface area is 144 Å². The molecule has 0 radical (unpaired) electrons. The second-order valence-electron chi connectivity index (χ2n) is 4.02. The van der Waals surface area contributed by atoms with Gasteiger partial charge in [0.15, 0.2) is 0 Å². The van der Waals surface area contributed by atoms with Crippen LogP contribution in [0.3, 0.4) is 0 Å². The SMILES string of the molecule is O=C(O)C=CC(=O)O.O=C(O)C=CC(=O)O.O=c1ccnc2n1CC=N2. The van der Waals surface area contributed by atoms with E-state index in [9.17, 15) is 24.0 Å². The molecule has 0 saturated heterocycles. The standard InChI is InChI=1S/C6H5N3O.2C4H4O4/c10-5-1-2-7-6-8-3-4-9(5)6;2*5-3(6)1-2-4(7)8/h1-3H,4H2;2*1-2H,(H,5,6)(H,7,8). The van der Waals surface area contributed by atoms with Crippen molar-refractivity contribution < 1.29 is 39.6 Å². The van der Waals surface area contributed by atoms with Crippen LogP contribution in [0.2, 0.25) is 0 Å². The Bertz CT molecular complexity index is 755. The van der Waals surface area contributed by atoms with Gasteiger partial charge in [0, 0.05) is 42.8 Å². The highest BCUT2D eigenvalue weighted by molar-refractivity contribution is 5.90. The second kappa shape index (κ2) is 11.4. The molecule has 1 aromatic rings. The number of aliphatic imine (C=N–C) groups is 1. The predicted molar refractivity (Wildman–Crippen MR) is 85.5 cm³/mol. The topological polar surface area (TPSA) is 196 Å². The third-order valence-corrected chi connectivity index (χ3v) is 2.12. The van der Waals surface area contributed by atoms with E-state index in [0.717, 1.165) is 0 Å². The van der Waals surface area contributed by atoms with Crippen LogP contribution in [0.25, 0.3) is 0 Å². The first-order chi connectivity index (χ1) is 12.1. The van der Waals surface area contributed by atoms with Gasteiger partial charge < -0.3 is 20.4 Å². The van der Waals surface area contributed by atoms with Crippen molar-refractivity contribution in [1.82, 2.24) is 9.55 Å². The molecule has 0 unspecified atom stereocenters. The molecule has 0 aliphatic carbocycles. The predicted octanol–water partition coefficient (Wildman–Crippen LogP) is -0.617. The third-order valence-electron chi connectivity index (χ3n) is 2.12. The fourth-order valence-electron chi connectivity index (χ4n) is 1.19. The van der Waals surface area contributed by atoms with Gasteiger partial charge in [0.05, 0.1) is 6.54 Å². The summed E-state index contributed by atoms with van der Waals surface area (Å²) in [6.07, 6.45) is 5.37. The highest BCUT2D eigenvalue weighted by Crippen LogP contribution is 2.06. The fourth-order valence-corrected chi connectivity index (χ4v) is 1.19. The van der Waals surface area contributed by atoms with Crippen LogP contribution < -0.4 is 5.56 Å². The van der Waals surface area contributed by atoms with E-state index < -0.39 is 23.9 Å². The average molecular weight is 367 g/mol. The molecule has 2 heterocycles. The number of aromatic nitrogens is 2. The molecule has 12 nitrogen and oxygen atoms in total. The van der Waals surface area contributed by atoms with Crippen LogP contribution in [0.5, 0.6) is 0 Å². The Balaban J connectivity index is 0.000000366. The summed E-state index contributed by atoms with van der Waals surface area (Å²) >= 11 is 0. The summed E-state index contributed by atoms with van der Waals surface area (Å²) in [5, 5.41) is 31.2. The Morgan fingerprint density at radius 2 is 1.31 bits per heavy atom. The number of carboxylic acid groups (broad SMARTS) is 4. The van der Waals surface area contributed by atoms with Gasteiger partial charge >= 0.3 is 23.9 Å². The first kappa shape index (κ1) is 21.9. The van der Waals surface area contributed by atoms with Gasteiger partial charge in [0.2, 0.25) is 5.95 Å². The molecule has 12 heteroatoms. The number of carbonyl (C=O) groups is 4. The Morgan fingerprint density at radius 1 is 0.885 bits per heavy atom. The molecule has 1 aliphatic rings. The molecular weight excluding hydrogens is 354 g/mol. The highest BCUT2D eigenvalue weighted by atomic mass is 16.4. The van der Waals surface area contributed by atoms with E-state index in [0.29, 0.717) is 36.8 Å². The van der Waals surface area contributed by atoms with Crippen LogP contribution >= 0.6 is 0 Å². The zero-order chi connectivity index (χ0) is 20.1. The third kappa shape index (κ3) is 10.6. The van der Waals surface area contributed by atoms with Gasteiger partial charge in [-0.2, -0.15) is 0 Å². The van der Waals surface area contributed by atoms with Crippen molar-refractivity contribution in [1.29, 1.82) is 0 Å². The van der Waals surface area contributed by atoms with Crippen molar-refractivity contribution in [3.8, 4) is 0 Å². The van der Waals surface area contributed by atoms with E-state index in [-0.39, 0.29) is 5.56 Å². The summed E-state index contributed by atoms with van der Waals surface area (Å²) in [6.45, 7) is 0.558. The summed E-state index contributed by atoms with van der Waals surface area (Å²) in [6, 6.07) is 1.43. The maximum Gasteiger partial charge on any atom is 0.328 e. The number of hydrogen-bond acceptors (Lipinski definition) is 7. The van der Waals surface area contributed by atoms with Gasteiger partial charge in [-0.15, -0.1) is 0 Å². The molecule has 0 spiro atoms. The molecule has 0 atom stereocenters. The van der Waals surface area contributed by atoms with Gasteiger partial charge in [0.1, 0.15) is 0 Å². The number of carboxylic acids is 4. The lowest BCUT2D eigenvalue weighted by Gasteiger charge is -1.95. The normalized spacial score (nSPS) is 11.1. The van der Waals surface area contributed by atoms with E-state index >= 15 is 0 Å². The van der Waals surface area contributed by atoms with Gasteiger partial charge in [0.25, 0.3) is 5.56 Å². The Hall–Kier alpha value is -4.09. The molecular formula is C14H13N3O9. The van der Waals surface area contributed by atoms with Gasteiger partial charge in [-0.3, -0.25) is 9.36 Å². The maximum absolute atomic E-state index is 11.0. The largest absolute Gasteiger partial charge is 0.478 e. The quantitative estimate of drug-likeness (QED) is 0.498. The minimum absolute atomic E-state index is 0.0394. The van der Waals surface area contributed by atoms with Crippen molar-refractivity contribution in [3.05, 3.63) is 46.9 Å². The molecule has 2 rings (SSSR count). The molecule has 138 valence electrons. The number of hydrogen-bond donors (Lipinski definition) is 4. The van der Waals surface area contributed by atoms with Crippen LogP contribution in [0.4, 0.5) is 5.95 Å². The molecule has 0 amide bonds. The second-order valence-corrected chi connectivity index (χ2v) is 4.02. The van der Waals surface area contributed by atoms with Gasteiger partial charge in [-0.25, -0.2) is 29.2 Å². The fraction of sp³-hybridized carbons (Fsp3) is 0.0714. The van der Waals surface area contributed by atoms with Crippen LogP contribution in [0.15, 0.2) is 46.4 Å². The first-order valence-electron chi connectivity index (χ1n) is 6.49. The smallest absolute Gasteiger partial charge is 0.328 e. The van der Waals surface area contributed by atoms with Crippen LogP contribution in [-0.2, 0) is 25.7 Å². The molecule has 0 bridgehead atoms. The minimum atomic E-state index is -1.26. The molecule has 0 fully saturated rings. The first-order valence-corrected chi connectivity index (χ1v) is 6.49. The summed E-state index contributed by atoms with van der Waals surface area (Å²) in [5.41, 5.74) is -0.0394. The van der Waals surface area contributed by atoms with E-state index in [1.165, 1.54) is 16.8 Å². The lowest BCUT2D eigenvalue weighted by Crippen LogP contribution is -2.16. The lowest BCUT2D eigenvalue weighted by molar-refractivity contribution is -0.134. The van der Waals surface area contributed by atoms with E-state index in [1.54, 1.807) is 6.21 Å². The summed E-state index contributed by atoms with van der Waals surface area (Å²) < 4.78 is 1.51. The molecule has 26 heavy (non-hydrogen) atoms. The van der Waals surface area contributed by atoms with E-state index in [1.807, 2.05) is 0 Å². The minimum Gasteiger partial charge on any atom is -0.478 e. The van der Waals surface area contributed by atoms with E-state index in [4.69, 9.17) is 20.4 Å². The average Bonchev–Trinajstić information content (AvgIpc) is 3.02. The maximum atomic E-state index is 11.0. The van der Waals surface area contributed by atoms with Crippen molar-refractivity contribution in [3.63, 3.8) is 0 Å². The number of aliphatic carboxylic acids is 4. The zero-order valence-electron chi connectivity index (χ0n) is 12.9. The highest BCUT2D eigenvalue weighted by Gasteiger charge is 2.05. The van der Waals surface area contributed by atoms with Crippen molar-refractivity contribution in [2.75, 3.05) is 0 Å². The molecule has 0 aromatic carbocycles. The lowest BCUT2D eigenvalue weighted by atomic mass is 10.5. The van der Waals surface area contributed by atoms with Crippen molar-refractivity contribution in [2.24, 2.45) is 4.99 Å². The van der Waals surface area contributed by atoms with E-state index in [2.05, 4.69) is 9.98 Å². The zero-order valence-corrected chi connectivity index (χ0v) is 12.9. The van der Waals surface area contributed by atoms with Crippen LogP contribution in [0, 0.1) is 0 Å². The molecule has 0 saturated carbocycles. The summed E-state index contributed by atoms with van der Waals surface area (Å²) in [5.74, 6) is -4.52. The molecule has 4 N–H and O–H groups in total.